The molecule has 10 nitrogen and oxygen atoms in total. The average Bonchev–Trinajstić information content (AvgIpc) is 3.79. The maximum atomic E-state index is 12.3. The van der Waals surface area contributed by atoms with Crippen molar-refractivity contribution < 1.29 is 39.0 Å². The Bertz CT molecular complexity index is 1650. The number of aliphatic hydroxyl groups excluding tert-OH is 1. The summed E-state index contributed by atoms with van der Waals surface area (Å²) in [7, 11) is 5.89. The average molecular weight is 786 g/mol. The first-order valence-electron chi connectivity index (χ1n) is 17.7. The largest absolute Gasteiger partial charge is 0.507 e. The van der Waals surface area contributed by atoms with Crippen LogP contribution < -0.4 is 4.74 Å². The lowest BCUT2D eigenvalue weighted by Crippen LogP contribution is -2.26. The second-order valence-corrected chi connectivity index (χ2v) is 13.5. The zero-order chi connectivity index (χ0) is 39.9. The summed E-state index contributed by atoms with van der Waals surface area (Å²) in [5, 5.41) is 21.9. The number of carbonyl (C=O) groups excluding carboxylic acids is 2. The summed E-state index contributed by atoms with van der Waals surface area (Å²) < 4.78 is 10.8. The van der Waals surface area contributed by atoms with E-state index in [-0.39, 0.29) is 29.7 Å². The van der Waals surface area contributed by atoms with Gasteiger partial charge in [0.1, 0.15) is 11.5 Å². The zero-order valence-electron chi connectivity index (χ0n) is 32.0. The Labute approximate surface area is 330 Å². The molecule has 5 rings (SSSR count). The standard InChI is InChI=1S/C19H22ClNO3.C10H13ClO.C9H11NO3.C4H8O/c1-14(12-15-8-10-16(20)11-9-15)13-24-18-7-5-4-6-17(18)19(22)21(2)23-3;1-8(7-12)6-9-2-4-10(11)5-3-9;1-10(13-2)9(12)7-5-3-4-6-8(7)11;1-2-4-5-3-1/h4-11,14H,12-13H2,1-3H3;2-5,8,12H,6-7H2,1H3;3-6,11H,1-2H3;1-4H2. The molecule has 1 aliphatic rings. The minimum absolute atomic E-state index is 0.0450. The number of phenolic OH excluding ortho intramolecular Hbond substituents is 1. The molecule has 0 saturated carbocycles. The summed E-state index contributed by atoms with van der Waals surface area (Å²) in [4.78, 5) is 33.4. The summed E-state index contributed by atoms with van der Waals surface area (Å²) >= 11 is 11.6. The molecule has 2 unspecified atom stereocenters. The molecule has 54 heavy (non-hydrogen) atoms. The van der Waals surface area contributed by atoms with Crippen molar-refractivity contribution in [1.82, 2.24) is 10.1 Å². The van der Waals surface area contributed by atoms with Crippen LogP contribution in [-0.2, 0) is 27.3 Å². The summed E-state index contributed by atoms with van der Waals surface area (Å²) in [6.07, 6.45) is 4.35. The number of benzene rings is 4. The number of hydrogen-bond acceptors (Lipinski definition) is 8. The quantitative estimate of drug-likeness (QED) is 0.137. The minimum atomic E-state index is -0.374. The molecule has 2 atom stereocenters. The van der Waals surface area contributed by atoms with Crippen LogP contribution in [0.15, 0.2) is 97.1 Å². The van der Waals surface area contributed by atoms with E-state index in [0.29, 0.717) is 29.8 Å². The van der Waals surface area contributed by atoms with Crippen LogP contribution in [0, 0.1) is 11.8 Å². The molecular weight excluding hydrogens is 731 g/mol. The Kier molecular flexibility index (Phi) is 22.0. The molecule has 1 aliphatic heterocycles. The van der Waals surface area contributed by atoms with Crippen LogP contribution in [0.4, 0.5) is 0 Å². The Morgan fingerprint density at radius 3 is 1.59 bits per heavy atom. The third-order valence-corrected chi connectivity index (χ3v) is 8.53. The second kappa shape index (κ2) is 25.8. The molecule has 0 aromatic heterocycles. The van der Waals surface area contributed by atoms with E-state index in [1.54, 1.807) is 37.4 Å². The Morgan fingerprint density at radius 1 is 0.704 bits per heavy atom. The minimum Gasteiger partial charge on any atom is -0.507 e. The van der Waals surface area contributed by atoms with Gasteiger partial charge >= 0.3 is 0 Å². The van der Waals surface area contributed by atoms with Crippen LogP contribution in [0.5, 0.6) is 11.5 Å². The van der Waals surface area contributed by atoms with E-state index in [0.717, 1.165) is 41.2 Å². The van der Waals surface area contributed by atoms with E-state index < -0.39 is 0 Å². The van der Waals surface area contributed by atoms with Crippen molar-refractivity contribution >= 4 is 35.0 Å². The normalized spacial score (nSPS) is 12.7. The van der Waals surface area contributed by atoms with Gasteiger partial charge in [0.25, 0.3) is 11.8 Å². The number of hydroxylamine groups is 4. The van der Waals surface area contributed by atoms with Gasteiger partial charge in [-0.25, -0.2) is 10.1 Å². The highest BCUT2D eigenvalue weighted by Gasteiger charge is 2.17. The number of ether oxygens (including phenoxy) is 2. The molecule has 12 heteroatoms. The number of aliphatic hydroxyl groups is 1. The van der Waals surface area contributed by atoms with Crippen LogP contribution in [0.3, 0.4) is 0 Å². The smallest absolute Gasteiger partial charge is 0.280 e. The lowest BCUT2D eigenvalue weighted by Gasteiger charge is -2.18. The third-order valence-electron chi connectivity index (χ3n) is 8.03. The van der Waals surface area contributed by atoms with Crippen molar-refractivity contribution in [1.29, 1.82) is 0 Å². The number of hydrogen-bond donors (Lipinski definition) is 2. The van der Waals surface area contributed by atoms with E-state index in [1.807, 2.05) is 61.5 Å². The van der Waals surface area contributed by atoms with Crippen molar-refractivity contribution in [2.75, 3.05) is 54.7 Å². The van der Waals surface area contributed by atoms with Gasteiger partial charge in [-0.05, 0) is 97.2 Å². The zero-order valence-corrected chi connectivity index (χ0v) is 33.6. The SMILES string of the molecule is C1CCOC1.CC(CO)Cc1ccc(Cl)cc1.CON(C)C(=O)c1ccccc1O.CON(C)C(=O)c1ccccc1OCC(C)Cc1ccc(Cl)cc1. The topological polar surface area (TPSA) is 118 Å². The van der Waals surface area contributed by atoms with Gasteiger partial charge in [0, 0.05) is 44.0 Å². The second-order valence-electron chi connectivity index (χ2n) is 12.7. The molecule has 2 amide bonds. The van der Waals surface area contributed by atoms with Gasteiger partial charge in [-0.2, -0.15) is 0 Å². The van der Waals surface area contributed by atoms with Crippen molar-refractivity contribution in [3.63, 3.8) is 0 Å². The first kappa shape index (κ1) is 46.0. The monoisotopic (exact) mass is 784 g/mol. The van der Waals surface area contributed by atoms with Crippen molar-refractivity contribution in [3.05, 3.63) is 129 Å². The summed E-state index contributed by atoms with van der Waals surface area (Å²) in [6, 6.07) is 29.1. The van der Waals surface area contributed by atoms with Gasteiger partial charge in [0.2, 0.25) is 0 Å². The van der Waals surface area contributed by atoms with Crippen LogP contribution in [0.2, 0.25) is 10.0 Å². The first-order valence-corrected chi connectivity index (χ1v) is 18.5. The lowest BCUT2D eigenvalue weighted by atomic mass is 10.0. The highest BCUT2D eigenvalue weighted by atomic mass is 35.5. The van der Waals surface area contributed by atoms with Crippen molar-refractivity contribution in [2.24, 2.45) is 11.8 Å². The van der Waals surface area contributed by atoms with Crippen LogP contribution in [0.25, 0.3) is 0 Å². The van der Waals surface area contributed by atoms with E-state index in [9.17, 15) is 14.7 Å². The molecular formula is C42H54Cl2N2O8. The van der Waals surface area contributed by atoms with E-state index in [4.69, 9.17) is 47.5 Å². The fourth-order valence-electron chi connectivity index (χ4n) is 4.84. The molecule has 4 aromatic carbocycles. The predicted octanol–water partition coefficient (Wildman–Crippen LogP) is 8.56. The van der Waals surface area contributed by atoms with Crippen LogP contribution in [0.1, 0.15) is 58.5 Å². The predicted molar refractivity (Wildman–Crippen MR) is 214 cm³/mol. The van der Waals surface area contributed by atoms with Gasteiger partial charge < -0.3 is 19.7 Å². The number of phenols is 1. The molecule has 294 valence electrons. The van der Waals surface area contributed by atoms with Gasteiger partial charge in [0.15, 0.2) is 0 Å². The fraction of sp³-hybridized carbons (Fsp3) is 0.381. The molecule has 0 bridgehead atoms. The van der Waals surface area contributed by atoms with E-state index in [1.165, 1.54) is 62.4 Å². The number of para-hydroxylation sites is 2. The van der Waals surface area contributed by atoms with Gasteiger partial charge in [0.05, 0.1) is 32.0 Å². The summed E-state index contributed by atoms with van der Waals surface area (Å²) in [5.74, 6) is 0.533. The Balaban J connectivity index is 0.000000282. The maximum Gasteiger partial charge on any atom is 0.280 e. The number of rotatable bonds is 12. The van der Waals surface area contributed by atoms with Gasteiger partial charge in [-0.1, -0.05) is 85.6 Å². The van der Waals surface area contributed by atoms with E-state index in [2.05, 4.69) is 6.92 Å². The van der Waals surface area contributed by atoms with Crippen LogP contribution in [-0.4, -0.2) is 86.9 Å². The molecule has 0 radical (unpaired) electrons. The Hall–Kier alpha value is -4.16. The third kappa shape index (κ3) is 17.3. The number of amides is 2. The van der Waals surface area contributed by atoms with Crippen molar-refractivity contribution in [3.8, 4) is 11.5 Å². The molecule has 2 N–H and O–H groups in total. The summed E-state index contributed by atoms with van der Waals surface area (Å²) in [5.41, 5.74) is 3.15. The van der Waals surface area contributed by atoms with Gasteiger partial charge in [-0.15, -0.1) is 0 Å². The highest BCUT2D eigenvalue weighted by molar-refractivity contribution is 6.30. The number of nitrogens with zero attached hydrogens (tertiary/aromatic N) is 2. The molecule has 0 spiro atoms. The van der Waals surface area contributed by atoms with Gasteiger partial charge in [-0.3, -0.25) is 19.3 Å². The molecule has 1 saturated heterocycles. The molecule has 1 heterocycles. The molecule has 1 fully saturated rings. The fourth-order valence-corrected chi connectivity index (χ4v) is 5.09. The molecule has 4 aromatic rings. The highest BCUT2D eigenvalue weighted by Crippen LogP contribution is 2.22. The van der Waals surface area contributed by atoms with Crippen LogP contribution >= 0.6 is 23.2 Å². The van der Waals surface area contributed by atoms with Crippen molar-refractivity contribution in [2.45, 2.75) is 39.5 Å². The van der Waals surface area contributed by atoms with E-state index >= 15 is 0 Å². The number of carbonyl (C=O) groups is 2. The maximum absolute atomic E-state index is 12.3. The lowest BCUT2D eigenvalue weighted by molar-refractivity contribution is -0.0759. The number of halogens is 2. The summed E-state index contributed by atoms with van der Waals surface area (Å²) in [6.45, 7) is 6.89. The molecule has 0 aliphatic carbocycles. The Morgan fingerprint density at radius 2 is 1.15 bits per heavy atom. The number of aromatic hydroxyl groups is 1. The first-order chi connectivity index (χ1) is 25.9.